The molecule has 3 atom stereocenters. The molecule has 3 unspecified atom stereocenters. The Morgan fingerprint density at radius 1 is 1.03 bits per heavy atom. The fourth-order valence-electron chi connectivity index (χ4n) is 4.21. The second-order valence-electron chi connectivity index (χ2n) is 11.4. The Morgan fingerprint density at radius 3 is 2.21 bits per heavy atom. The summed E-state index contributed by atoms with van der Waals surface area (Å²) in [6.07, 6.45) is 0.291. The van der Waals surface area contributed by atoms with Crippen LogP contribution in [-0.4, -0.2) is 59.6 Å². The van der Waals surface area contributed by atoms with Crippen molar-refractivity contribution in [1.82, 2.24) is 15.5 Å². The summed E-state index contributed by atoms with van der Waals surface area (Å²) in [5.41, 5.74) is 1.76. The number of carbonyl (C=O) groups is 4. The Balaban J connectivity index is 3.54. The number of hydrogen-bond donors (Lipinski definition) is 2. The number of hydrogen-bond acceptors (Lipinski definition) is 6. The van der Waals surface area contributed by atoms with E-state index in [9.17, 15) is 19.2 Å². The lowest BCUT2D eigenvalue weighted by Gasteiger charge is -2.39. The third-order valence-corrected chi connectivity index (χ3v) is 6.21. The molecule has 0 aliphatic carbocycles. The van der Waals surface area contributed by atoms with Crippen LogP contribution in [0.1, 0.15) is 97.4 Å². The molecule has 9 nitrogen and oxygen atoms in total. The second-order valence-corrected chi connectivity index (χ2v) is 11.4. The average molecular weight is 548 g/mol. The van der Waals surface area contributed by atoms with Gasteiger partial charge < -0.3 is 25.0 Å². The highest BCUT2D eigenvalue weighted by molar-refractivity contribution is 5.92. The van der Waals surface area contributed by atoms with E-state index in [2.05, 4.69) is 10.6 Å². The van der Waals surface area contributed by atoms with Gasteiger partial charge in [0, 0.05) is 12.6 Å². The Hall–Kier alpha value is -3.10. The van der Waals surface area contributed by atoms with Gasteiger partial charge in [0.2, 0.25) is 11.8 Å². The molecule has 0 saturated carbocycles. The van der Waals surface area contributed by atoms with Gasteiger partial charge in [0.15, 0.2) is 0 Å². The number of carbonyl (C=O) groups excluding carboxylic acids is 4. The molecule has 0 aromatic heterocycles. The van der Waals surface area contributed by atoms with Crippen LogP contribution >= 0.6 is 0 Å². The zero-order valence-corrected chi connectivity index (χ0v) is 25.5. The number of esters is 1. The quantitative estimate of drug-likeness (QED) is 0.337. The minimum Gasteiger partial charge on any atom is -0.466 e. The van der Waals surface area contributed by atoms with Gasteiger partial charge in [0.1, 0.15) is 17.7 Å². The van der Waals surface area contributed by atoms with Crippen molar-refractivity contribution >= 4 is 23.9 Å². The highest BCUT2D eigenvalue weighted by Gasteiger charge is 2.39. The third-order valence-electron chi connectivity index (χ3n) is 6.21. The standard InChI is InChI=1S/C30H49N3O6/c1-11-22(7)33(28(36)24(17-19(3)4)32-29(37)39-30(8,9)10)26(23-18-20(5)13-14-21(23)6)27(35)31-16-15-25(34)38-12-2/h13-14,18-19,22,24,26H,11-12,15-17H2,1-10H3,(H,31,35)(H,32,37). The van der Waals surface area contributed by atoms with Crippen LogP contribution in [0.2, 0.25) is 0 Å². The molecule has 2 N–H and O–H groups in total. The number of alkyl carbamates (subject to hydrolysis) is 1. The number of amides is 3. The summed E-state index contributed by atoms with van der Waals surface area (Å²) in [4.78, 5) is 54.2. The van der Waals surface area contributed by atoms with Crippen LogP contribution < -0.4 is 10.6 Å². The van der Waals surface area contributed by atoms with Crippen LogP contribution in [0.15, 0.2) is 18.2 Å². The zero-order chi connectivity index (χ0) is 29.9. The van der Waals surface area contributed by atoms with E-state index in [1.54, 1.807) is 32.6 Å². The summed E-state index contributed by atoms with van der Waals surface area (Å²) < 4.78 is 10.4. The summed E-state index contributed by atoms with van der Waals surface area (Å²) in [6.45, 7) is 18.9. The first kappa shape index (κ1) is 33.9. The van der Waals surface area contributed by atoms with Gasteiger partial charge in [-0.25, -0.2) is 4.79 Å². The maximum atomic E-state index is 14.3. The Kier molecular flexibility index (Phi) is 13.5. The summed E-state index contributed by atoms with van der Waals surface area (Å²) in [6, 6.07) is 3.60. The van der Waals surface area contributed by atoms with Gasteiger partial charge in [-0.2, -0.15) is 0 Å². The van der Waals surface area contributed by atoms with E-state index in [0.29, 0.717) is 18.4 Å². The fourth-order valence-corrected chi connectivity index (χ4v) is 4.21. The number of aryl methyl sites for hydroxylation is 2. The van der Waals surface area contributed by atoms with Crippen LogP contribution in [0.4, 0.5) is 4.79 Å². The fraction of sp³-hybridized carbons (Fsp3) is 0.667. The van der Waals surface area contributed by atoms with Gasteiger partial charge in [0.25, 0.3) is 0 Å². The lowest BCUT2D eigenvalue weighted by molar-refractivity contribution is -0.146. The van der Waals surface area contributed by atoms with Crippen molar-refractivity contribution in [2.24, 2.45) is 5.92 Å². The van der Waals surface area contributed by atoms with Crippen molar-refractivity contribution in [2.75, 3.05) is 13.2 Å². The Labute approximate surface area is 234 Å². The molecule has 0 radical (unpaired) electrons. The molecule has 220 valence electrons. The van der Waals surface area contributed by atoms with Gasteiger partial charge in [-0.15, -0.1) is 0 Å². The summed E-state index contributed by atoms with van der Waals surface area (Å²) in [7, 11) is 0. The minimum absolute atomic E-state index is 0.0204. The molecule has 0 fully saturated rings. The molecular weight excluding hydrogens is 498 g/mol. The average Bonchev–Trinajstić information content (AvgIpc) is 2.81. The maximum Gasteiger partial charge on any atom is 0.408 e. The molecule has 1 rings (SSSR count). The first-order valence-corrected chi connectivity index (χ1v) is 13.9. The maximum absolute atomic E-state index is 14.3. The molecule has 0 aliphatic rings. The first-order chi connectivity index (χ1) is 18.1. The molecule has 0 aliphatic heterocycles. The predicted molar refractivity (Wildman–Crippen MR) is 152 cm³/mol. The van der Waals surface area contributed by atoms with Crippen molar-refractivity contribution in [3.63, 3.8) is 0 Å². The van der Waals surface area contributed by atoms with E-state index >= 15 is 0 Å². The molecule has 0 heterocycles. The highest BCUT2D eigenvalue weighted by atomic mass is 16.6. The topological polar surface area (TPSA) is 114 Å². The SMILES string of the molecule is CCOC(=O)CCNC(=O)C(c1cc(C)ccc1C)N(C(=O)C(CC(C)C)NC(=O)OC(C)(C)C)C(C)CC. The lowest BCUT2D eigenvalue weighted by atomic mass is 9.93. The third kappa shape index (κ3) is 11.3. The first-order valence-electron chi connectivity index (χ1n) is 13.9. The van der Waals surface area contributed by atoms with Gasteiger partial charge >= 0.3 is 12.1 Å². The van der Waals surface area contributed by atoms with Crippen LogP contribution in [0.5, 0.6) is 0 Å². The monoisotopic (exact) mass is 547 g/mol. The summed E-state index contributed by atoms with van der Waals surface area (Å²) in [5.74, 6) is -1.09. The van der Waals surface area contributed by atoms with E-state index in [1.807, 2.05) is 59.7 Å². The Bertz CT molecular complexity index is 985. The molecule has 9 heteroatoms. The largest absolute Gasteiger partial charge is 0.466 e. The normalized spacial score (nSPS) is 13.7. The van der Waals surface area contributed by atoms with Crippen molar-refractivity contribution in [3.8, 4) is 0 Å². The molecule has 0 saturated heterocycles. The molecular formula is C30H49N3O6. The zero-order valence-electron chi connectivity index (χ0n) is 25.5. The van der Waals surface area contributed by atoms with Crippen molar-refractivity contribution < 1.29 is 28.7 Å². The van der Waals surface area contributed by atoms with Gasteiger partial charge in [-0.05, 0) is 78.4 Å². The molecule has 1 aromatic rings. The van der Waals surface area contributed by atoms with Gasteiger partial charge in [0.05, 0.1) is 13.0 Å². The van der Waals surface area contributed by atoms with E-state index in [1.165, 1.54) is 0 Å². The number of nitrogens with zero attached hydrogens (tertiary/aromatic N) is 1. The number of benzene rings is 1. The summed E-state index contributed by atoms with van der Waals surface area (Å²) >= 11 is 0. The van der Waals surface area contributed by atoms with E-state index in [4.69, 9.17) is 9.47 Å². The lowest BCUT2D eigenvalue weighted by Crippen LogP contribution is -2.56. The van der Waals surface area contributed by atoms with Crippen molar-refractivity contribution in [3.05, 3.63) is 34.9 Å². The number of nitrogens with one attached hydrogen (secondary N) is 2. The number of ether oxygens (including phenoxy) is 2. The van der Waals surface area contributed by atoms with Crippen LogP contribution in [-0.2, 0) is 23.9 Å². The molecule has 3 amide bonds. The molecule has 39 heavy (non-hydrogen) atoms. The Morgan fingerprint density at radius 2 is 1.67 bits per heavy atom. The van der Waals surface area contributed by atoms with Crippen molar-refractivity contribution in [2.45, 2.75) is 112 Å². The minimum atomic E-state index is -0.968. The van der Waals surface area contributed by atoms with Crippen LogP contribution in [0, 0.1) is 19.8 Å². The number of rotatable bonds is 13. The molecule has 1 aromatic carbocycles. The molecule has 0 spiro atoms. The van der Waals surface area contributed by atoms with E-state index in [-0.39, 0.29) is 37.4 Å². The second kappa shape index (κ2) is 15.5. The van der Waals surface area contributed by atoms with Crippen molar-refractivity contribution in [1.29, 1.82) is 0 Å². The highest BCUT2D eigenvalue weighted by Crippen LogP contribution is 2.30. The summed E-state index contributed by atoms with van der Waals surface area (Å²) in [5, 5.41) is 5.60. The van der Waals surface area contributed by atoms with Gasteiger partial charge in [-0.1, -0.05) is 44.5 Å². The van der Waals surface area contributed by atoms with Crippen LogP contribution in [0.25, 0.3) is 0 Å². The smallest absolute Gasteiger partial charge is 0.408 e. The predicted octanol–water partition coefficient (Wildman–Crippen LogP) is 4.98. The van der Waals surface area contributed by atoms with E-state index < -0.39 is 35.7 Å². The van der Waals surface area contributed by atoms with Gasteiger partial charge in [-0.3, -0.25) is 14.4 Å². The van der Waals surface area contributed by atoms with E-state index in [0.717, 1.165) is 11.1 Å². The molecule has 0 bridgehead atoms. The van der Waals surface area contributed by atoms with Crippen LogP contribution in [0.3, 0.4) is 0 Å².